The lowest BCUT2D eigenvalue weighted by Gasteiger charge is -2.35. The monoisotopic (exact) mass is 274 g/mol. The lowest BCUT2D eigenvalue weighted by molar-refractivity contribution is 0.0733. The summed E-state index contributed by atoms with van der Waals surface area (Å²) in [5.41, 5.74) is 1.41. The molecule has 102 valence electrons. The van der Waals surface area contributed by atoms with Gasteiger partial charge in [0.05, 0.1) is 5.56 Å². The number of hydrogen-bond donors (Lipinski definition) is 1. The summed E-state index contributed by atoms with van der Waals surface area (Å²) in [6, 6.07) is 10.4. The second-order valence-corrected chi connectivity index (χ2v) is 4.67. The van der Waals surface area contributed by atoms with Gasteiger partial charge in [-0.2, -0.15) is 0 Å². The minimum atomic E-state index is -0.679. The van der Waals surface area contributed by atoms with Crippen LogP contribution in [0.25, 0.3) is 0 Å². The number of rotatable bonds is 1. The highest BCUT2D eigenvalue weighted by Gasteiger charge is 2.31. The first-order valence-electron chi connectivity index (χ1n) is 6.15. The number of nitrogens with one attached hydrogen (secondary N) is 1. The van der Waals surface area contributed by atoms with E-state index in [0.717, 1.165) is 6.07 Å². The molecule has 0 aliphatic carbocycles. The van der Waals surface area contributed by atoms with E-state index in [1.807, 2.05) is 0 Å². The Balaban J connectivity index is 2.06. The standard InChI is InChI=1S/C15H12F2N2O/c1-19-14(10-7-6-9(16)8-12(10)17)18-13-5-3-2-4-11(13)15(19)20/h2-8,14,18H,1H3. The zero-order chi connectivity index (χ0) is 14.3. The van der Waals surface area contributed by atoms with Crippen molar-refractivity contribution in [2.75, 3.05) is 12.4 Å². The first-order chi connectivity index (χ1) is 9.58. The molecule has 1 aliphatic heterocycles. The van der Waals surface area contributed by atoms with Gasteiger partial charge in [0, 0.05) is 24.4 Å². The van der Waals surface area contributed by atoms with Gasteiger partial charge in [-0.15, -0.1) is 0 Å². The number of hydrogen-bond acceptors (Lipinski definition) is 2. The molecular formula is C15H12F2N2O. The van der Waals surface area contributed by atoms with Gasteiger partial charge in [0.1, 0.15) is 17.8 Å². The molecule has 1 heterocycles. The molecule has 20 heavy (non-hydrogen) atoms. The van der Waals surface area contributed by atoms with Crippen molar-refractivity contribution in [3.63, 3.8) is 0 Å². The van der Waals surface area contributed by atoms with Gasteiger partial charge < -0.3 is 10.2 Å². The lowest BCUT2D eigenvalue weighted by atomic mass is 10.0. The second-order valence-electron chi connectivity index (χ2n) is 4.67. The number of amides is 1. The van der Waals surface area contributed by atoms with Crippen LogP contribution >= 0.6 is 0 Å². The van der Waals surface area contributed by atoms with E-state index in [-0.39, 0.29) is 11.5 Å². The van der Waals surface area contributed by atoms with Gasteiger partial charge in [-0.1, -0.05) is 12.1 Å². The predicted octanol–water partition coefficient (Wildman–Crippen LogP) is 3.16. The molecular weight excluding hydrogens is 262 g/mol. The number of para-hydroxylation sites is 1. The van der Waals surface area contributed by atoms with Crippen LogP contribution in [0.3, 0.4) is 0 Å². The maximum atomic E-state index is 13.9. The minimum absolute atomic E-state index is 0.201. The van der Waals surface area contributed by atoms with Crippen LogP contribution in [-0.2, 0) is 0 Å². The first-order valence-corrected chi connectivity index (χ1v) is 6.15. The van der Waals surface area contributed by atoms with Crippen molar-refractivity contribution in [2.45, 2.75) is 6.17 Å². The summed E-state index contributed by atoms with van der Waals surface area (Å²) >= 11 is 0. The van der Waals surface area contributed by atoms with Crippen molar-refractivity contribution < 1.29 is 13.6 Å². The van der Waals surface area contributed by atoms with Gasteiger partial charge in [-0.3, -0.25) is 4.79 Å². The first kappa shape index (κ1) is 12.6. The van der Waals surface area contributed by atoms with E-state index in [2.05, 4.69) is 5.32 Å². The van der Waals surface area contributed by atoms with E-state index in [1.54, 1.807) is 31.3 Å². The van der Waals surface area contributed by atoms with Crippen LogP contribution in [0.5, 0.6) is 0 Å². The SMILES string of the molecule is CN1C(=O)c2ccccc2NC1c1ccc(F)cc1F. The van der Waals surface area contributed by atoms with Gasteiger partial charge >= 0.3 is 0 Å². The predicted molar refractivity (Wildman–Crippen MR) is 71.3 cm³/mol. The van der Waals surface area contributed by atoms with Gasteiger partial charge in [-0.05, 0) is 24.3 Å². The average molecular weight is 274 g/mol. The van der Waals surface area contributed by atoms with E-state index in [9.17, 15) is 13.6 Å². The van der Waals surface area contributed by atoms with Crippen molar-refractivity contribution in [1.29, 1.82) is 0 Å². The fraction of sp³-hybridized carbons (Fsp3) is 0.133. The Hall–Kier alpha value is -2.43. The molecule has 3 nitrogen and oxygen atoms in total. The smallest absolute Gasteiger partial charge is 0.257 e. The number of carbonyl (C=O) groups is 1. The largest absolute Gasteiger partial charge is 0.361 e. The summed E-state index contributed by atoms with van der Waals surface area (Å²) < 4.78 is 26.9. The molecule has 1 N–H and O–H groups in total. The van der Waals surface area contributed by atoms with Crippen molar-refractivity contribution in [3.05, 3.63) is 65.2 Å². The van der Waals surface area contributed by atoms with Gasteiger partial charge in [0.25, 0.3) is 5.91 Å². The molecule has 1 atom stereocenters. The summed E-state index contributed by atoms with van der Waals surface area (Å²) in [5.74, 6) is -1.52. The molecule has 0 saturated heterocycles. The Morgan fingerprint density at radius 3 is 2.65 bits per heavy atom. The molecule has 0 fully saturated rings. The molecule has 0 bridgehead atoms. The van der Waals surface area contributed by atoms with Gasteiger partial charge in [0.2, 0.25) is 0 Å². The molecule has 1 amide bonds. The van der Waals surface area contributed by atoms with E-state index in [1.165, 1.54) is 17.0 Å². The Morgan fingerprint density at radius 2 is 1.90 bits per heavy atom. The maximum Gasteiger partial charge on any atom is 0.257 e. The highest BCUT2D eigenvalue weighted by Crippen LogP contribution is 2.32. The highest BCUT2D eigenvalue weighted by molar-refractivity contribution is 6.01. The molecule has 2 aromatic rings. The summed E-state index contributed by atoms with van der Waals surface area (Å²) in [6.07, 6.45) is -0.655. The third-order valence-electron chi connectivity index (χ3n) is 3.41. The number of carbonyl (C=O) groups excluding carboxylic acids is 1. The maximum absolute atomic E-state index is 13.9. The zero-order valence-electron chi connectivity index (χ0n) is 10.7. The van der Waals surface area contributed by atoms with Crippen LogP contribution in [-0.4, -0.2) is 17.9 Å². The van der Waals surface area contributed by atoms with Crippen molar-refractivity contribution >= 4 is 11.6 Å². The summed E-state index contributed by atoms with van der Waals surface area (Å²) in [7, 11) is 1.58. The number of halogens is 2. The van der Waals surface area contributed by atoms with Crippen LogP contribution in [0.4, 0.5) is 14.5 Å². The van der Waals surface area contributed by atoms with Crippen molar-refractivity contribution in [1.82, 2.24) is 4.90 Å². The average Bonchev–Trinajstić information content (AvgIpc) is 2.43. The Morgan fingerprint density at radius 1 is 1.15 bits per heavy atom. The number of fused-ring (bicyclic) bond motifs is 1. The zero-order valence-corrected chi connectivity index (χ0v) is 10.7. The molecule has 5 heteroatoms. The number of anilines is 1. The lowest BCUT2D eigenvalue weighted by Crippen LogP contribution is -2.40. The van der Waals surface area contributed by atoms with Crippen LogP contribution in [0.2, 0.25) is 0 Å². The molecule has 0 radical (unpaired) electrons. The topological polar surface area (TPSA) is 32.3 Å². The van der Waals surface area contributed by atoms with E-state index < -0.39 is 17.8 Å². The molecule has 0 saturated carbocycles. The third kappa shape index (κ3) is 1.91. The quantitative estimate of drug-likeness (QED) is 0.866. The molecule has 1 unspecified atom stereocenters. The molecule has 1 aliphatic rings. The Bertz CT molecular complexity index is 687. The van der Waals surface area contributed by atoms with Crippen LogP contribution in [0, 0.1) is 11.6 Å². The summed E-state index contributed by atoms with van der Waals surface area (Å²) in [4.78, 5) is 13.7. The highest BCUT2D eigenvalue weighted by atomic mass is 19.1. The fourth-order valence-corrected chi connectivity index (χ4v) is 2.36. The van der Waals surface area contributed by atoms with Gasteiger partial charge in [-0.25, -0.2) is 8.78 Å². The summed E-state index contributed by atoms with van der Waals surface area (Å²) in [5, 5.41) is 3.10. The van der Waals surface area contributed by atoms with E-state index >= 15 is 0 Å². The number of benzene rings is 2. The molecule has 0 spiro atoms. The number of nitrogens with zero attached hydrogens (tertiary/aromatic N) is 1. The van der Waals surface area contributed by atoms with E-state index in [4.69, 9.17) is 0 Å². The second kappa shape index (κ2) is 4.59. The Labute approximate surface area is 114 Å². The minimum Gasteiger partial charge on any atom is -0.361 e. The van der Waals surface area contributed by atoms with Crippen molar-refractivity contribution in [2.24, 2.45) is 0 Å². The molecule has 3 rings (SSSR count). The Kier molecular flexibility index (Phi) is 2.89. The molecule has 2 aromatic carbocycles. The van der Waals surface area contributed by atoms with Gasteiger partial charge in [0.15, 0.2) is 0 Å². The fourth-order valence-electron chi connectivity index (χ4n) is 2.36. The van der Waals surface area contributed by atoms with Crippen LogP contribution < -0.4 is 5.32 Å². The van der Waals surface area contributed by atoms with E-state index in [0.29, 0.717) is 11.3 Å². The molecule has 0 aromatic heterocycles. The van der Waals surface area contributed by atoms with Crippen LogP contribution in [0.15, 0.2) is 42.5 Å². The normalized spacial score (nSPS) is 17.6. The third-order valence-corrected chi connectivity index (χ3v) is 3.41. The van der Waals surface area contributed by atoms with Crippen molar-refractivity contribution in [3.8, 4) is 0 Å². The van der Waals surface area contributed by atoms with Crippen LogP contribution in [0.1, 0.15) is 22.1 Å². The summed E-state index contributed by atoms with van der Waals surface area (Å²) in [6.45, 7) is 0.